The van der Waals surface area contributed by atoms with Crippen LogP contribution in [0.15, 0.2) is 23.2 Å². The van der Waals surface area contributed by atoms with E-state index in [4.69, 9.17) is 9.47 Å². The lowest BCUT2D eigenvalue weighted by molar-refractivity contribution is -0.138. The third kappa shape index (κ3) is 7.40. The number of guanidine groups is 1. The van der Waals surface area contributed by atoms with Gasteiger partial charge in [0.2, 0.25) is 0 Å². The molecule has 0 amide bonds. The first-order valence-corrected chi connectivity index (χ1v) is 9.75. The van der Waals surface area contributed by atoms with Crippen LogP contribution in [-0.4, -0.2) is 63.9 Å². The maximum Gasteiger partial charge on any atom is 0.416 e. The van der Waals surface area contributed by atoms with Crippen molar-refractivity contribution in [2.24, 2.45) is 10.9 Å². The van der Waals surface area contributed by atoms with E-state index >= 15 is 0 Å². The van der Waals surface area contributed by atoms with Crippen LogP contribution in [0, 0.1) is 5.92 Å². The van der Waals surface area contributed by atoms with Crippen molar-refractivity contribution in [3.05, 3.63) is 29.3 Å². The van der Waals surface area contributed by atoms with Gasteiger partial charge < -0.3 is 20.1 Å². The Hall–Kier alpha value is -2.00. The molecule has 2 N–H and O–H groups in total. The fourth-order valence-electron chi connectivity index (χ4n) is 3.30. The average molecular weight is 416 g/mol. The van der Waals surface area contributed by atoms with Gasteiger partial charge in [-0.3, -0.25) is 9.89 Å². The van der Waals surface area contributed by atoms with Crippen LogP contribution in [0.25, 0.3) is 0 Å². The number of rotatable bonds is 7. The molecule has 164 valence electrons. The Morgan fingerprint density at radius 1 is 1.34 bits per heavy atom. The molecule has 0 aliphatic carbocycles. The van der Waals surface area contributed by atoms with E-state index in [1.54, 1.807) is 7.05 Å². The Morgan fingerprint density at radius 2 is 2.10 bits per heavy atom. The van der Waals surface area contributed by atoms with Crippen molar-refractivity contribution < 1.29 is 22.6 Å². The monoisotopic (exact) mass is 416 g/mol. The smallest absolute Gasteiger partial charge is 0.416 e. The van der Waals surface area contributed by atoms with Gasteiger partial charge in [-0.2, -0.15) is 13.2 Å². The van der Waals surface area contributed by atoms with Gasteiger partial charge in [0.1, 0.15) is 5.75 Å². The van der Waals surface area contributed by atoms with Crippen molar-refractivity contribution in [2.75, 3.05) is 46.9 Å². The van der Waals surface area contributed by atoms with E-state index in [9.17, 15) is 13.2 Å². The minimum Gasteiger partial charge on any atom is -0.497 e. The van der Waals surface area contributed by atoms with E-state index in [1.807, 2.05) is 0 Å². The molecular formula is C20H31F3N4O2. The second kappa shape index (κ2) is 10.7. The molecule has 2 rings (SSSR count). The molecule has 6 nitrogen and oxygen atoms in total. The van der Waals surface area contributed by atoms with Gasteiger partial charge >= 0.3 is 6.18 Å². The summed E-state index contributed by atoms with van der Waals surface area (Å²) in [6.07, 6.45) is -4.45. The summed E-state index contributed by atoms with van der Waals surface area (Å²) in [5.41, 5.74) is -0.599. The molecule has 1 aromatic carbocycles. The number of nitrogens with zero attached hydrogens (tertiary/aromatic N) is 2. The number of nitrogens with one attached hydrogen (secondary N) is 2. The number of hydrogen-bond acceptors (Lipinski definition) is 4. The molecule has 0 bridgehead atoms. The predicted octanol–water partition coefficient (Wildman–Crippen LogP) is 2.74. The molecule has 0 aromatic heterocycles. The highest BCUT2D eigenvalue weighted by Crippen LogP contribution is 2.34. The number of aliphatic imine (C=N–C) groups is 1. The topological polar surface area (TPSA) is 58.1 Å². The summed E-state index contributed by atoms with van der Waals surface area (Å²) in [5.74, 6) is 1.19. The first-order chi connectivity index (χ1) is 13.7. The van der Waals surface area contributed by atoms with Gasteiger partial charge in [0.15, 0.2) is 5.96 Å². The summed E-state index contributed by atoms with van der Waals surface area (Å²) in [6.45, 7) is 8.31. The van der Waals surface area contributed by atoms with Crippen LogP contribution in [0.5, 0.6) is 5.75 Å². The van der Waals surface area contributed by atoms with Crippen LogP contribution >= 0.6 is 0 Å². The molecule has 29 heavy (non-hydrogen) atoms. The van der Waals surface area contributed by atoms with E-state index in [-0.39, 0.29) is 24.0 Å². The quantitative estimate of drug-likeness (QED) is 0.529. The molecule has 9 heteroatoms. The largest absolute Gasteiger partial charge is 0.497 e. The Morgan fingerprint density at radius 3 is 2.72 bits per heavy atom. The fourth-order valence-corrected chi connectivity index (χ4v) is 3.30. The standard InChI is InChI=1S/C20H31F3N4O2/c1-14(2)12-27-7-8-29-17(13-27)11-26-19(24-3)25-10-15-5-6-16(28-4)9-18(15)20(21,22)23/h5-6,9,14,17H,7-8,10-13H2,1-4H3,(H2,24,25,26). The first-order valence-electron chi connectivity index (χ1n) is 9.75. The molecule has 1 unspecified atom stereocenters. The summed E-state index contributed by atoms with van der Waals surface area (Å²) in [7, 11) is 2.93. The Labute approximate surface area is 170 Å². The lowest BCUT2D eigenvalue weighted by Gasteiger charge is -2.34. The lowest BCUT2D eigenvalue weighted by atomic mass is 10.1. The van der Waals surface area contributed by atoms with Gasteiger partial charge in [-0.05, 0) is 23.6 Å². The van der Waals surface area contributed by atoms with Crippen LogP contribution in [0.1, 0.15) is 25.0 Å². The van der Waals surface area contributed by atoms with E-state index in [0.717, 1.165) is 25.7 Å². The van der Waals surface area contributed by atoms with E-state index in [0.29, 0.717) is 25.0 Å². The summed E-state index contributed by atoms with van der Waals surface area (Å²) in [4.78, 5) is 6.46. The number of morpholine rings is 1. The molecule has 1 saturated heterocycles. The van der Waals surface area contributed by atoms with Gasteiger partial charge in [0.25, 0.3) is 0 Å². The Balaban J connectivity index is 1.91. The van der Waals surface area contributed by atoms with Crippen LogP contribution in [0.4, 0.5) is 13.2 Å². The molecule has 1 heterocycles. The van der Waals surface area contributed by atoms with E-state index in [1.165, 1.54) is 19.2 Å². The maximum absolute atomic E-state index is 13.3. The summed E-state index contributed by atoms with van der Waals surface area (Å²) in [5, 5.41) is 6.09. The minimum atomic E-state index is -4.46. The van der Waals surface area contributed by atoms with Crippen molar-refractivity contribution in [1.82, 2.24) is 15.5 Å². The number of halogens is 3. The van der Waals surface area contributed by atoms with Crippen LogP contribution < -0.4 is 15.4 Å². The number of methoxy groups -OCH3 is 1. The van der Waals surface area contributed by atoms with Gasteiger partial charge in [-0.25, -0.2) is 0 Å². The van der Waals surface area contributed by atoms with Gasteiger partial charge in [0, 0.05) is 39.8 Å². The van der Waals surface area contributed by atoms with Crippen molar-refractivity contribution in [1.29, 1.82) is 0 Å². The second-order valence-corrected chi connectivity index (χ2v) is 7.47. The van der Waals surface area contributed by atoms with Crippen molar-refractivity contribution in [3.8, 4) is 5.75 Å². The molecule has 1 aliphatic rings. The Bertz CT molecular complexity index is 680. The van der Waals surface area contributed by atoms with Crippen LogP contribution in [0.3, 0.4) is 0 Å². The molecule has 1 aromatic rings. The van der Waals surface area contributed by atoms with Gasteiger partial charge in [0.05, 0.1) is 25.4 Å². The minimum absolute atomic E-state index is 0.00720. The zero-order chi connectivity index (χ0) is 21.4. The molecule has 0 spiro atoms. The fraction of sp³-hybridized carbons (Fsp3) is 0.650. The third-order valence-electron chi connectivity index (χ3n) is 4.64. The molecule has 0 saturated carbocycles. The average Bonchev–Trinajstić information content (AvgIpc) is 2.67. The molecule has 1 fully saturated rings. The zero-order valence-corrected chi connectivity index (χ0v) is 17.5. The molecular weight excluding hydrogens is 385 g/mol. The zero-order valence-electron chi connectivity index (χ0n) is 17.5. The first kappa shape index (κ1) is 23.3. The van der Waals surface area contributed by atoms with Crippen molar-refractivity contribution in [3.63, 3.8) is 0 Å². The van der Waals surface area contributed by atoms with Crippen molar-refractivity contribution in [2.45, 2.75) is 32.7 Å². The Kier molecular flexibility index (Phi) is 8.58. The highest BCUT2D eigenvalue weighted by molar-refractivity contribution is 5.79. The maximum atomic E-state index is 13.3. The van der Waals surface area contributed by atoms with Crippen LogP contribution in [-0.2, 0) is 17.5 Å². The summed E-state index contributed by atoms with van der Waals surface area (Å²) in [6, 6.07) is 3.93. The number of ether oxygens (including phenoxy) is 2. The molecule has 0 radical (unpaired) electrons. The predicted molar refractivity (Wildman–Crippen MR) is 107 cm³/mol. The lowest BCUT2D eigenvalue weighted by Crippen LogP contribution is -2.50. The summed E-state index contributed by atoms with van der Waals surface area (Å²) >= 11 is 0. The number of hydrogen-bond donors (Lipinski definition) is 2. The highest BCUT2D eigenvalue weighted by Gasteiger charge is 2.33. The molecule has 1 atom stereocenters. The van der Waals surface area contributed by atoms with Crippen molar-refractivity contribution >= 4 is 5.96 Å². The summed E-state index contributed by atoms with van der Waals surface area (Å²) < 4.78 is 50.7. The normalized spacial score (nSPS) is 18.8. The second-order valence-electron chi connectivity index (χ2n) is 7.47. The SMILES string of the molecule is CN=C(NCc1ccc(OC)cc1C(F)(F)F)NCC1CN(CC(C)C)CCO1. The number of alkyl halides is 3. The van der Waals surface area contributed by atoms with E-state index < -0.39 is 11.7 Å². The highest BCUT2D eigenvalue weighted by atomic mass is 19.4. The van der Waals surface area contributed by atoms with E-state index in [2.05, 4.69) is 34.4 Å². The number of benzene rings is 1. The van der Waals surface area contributed by atoms with Gasteiger partial charge in [-0.1, -0.05) is 19.9 Å². The third-order valence-corrected chi connectivity index (χ3v) is 4.64. The molecule has 1 aliphatic heterocycles. The van der Waals surface area contributed by atoms with Gasteiger partial charge in [-0.15, -0.1) is 0 Å². The van der Waals surface area contributed by atoms with Crippen LogP contribution in [0.2, 0.25) is 0 Å².